The summed E-state index contributed by atoms with van der Waals surface area (Å²) < 4.78 is 0. The molecule has 2 aromatic rings. The van der Waals surface area contributed by atoms with Crippen molar-refractivity contribution in [1.82, 2.24) is 4.90 Å². The van der Waals surface area contributed by atoms with E-state index in [1.54, 1.807) is 6.08 Å². The highest BCUT2D eigenvalue weighted by molar-refractivity contribution is 5.98. The number of aryl methyl sites for hydroxylation is 1. The van der Waals surface area contributed by atoms with Gasteiger partial charge in [-0.1, -0.05) is 60.2 Å². The van der Waals surface area contributed by atoms with E-state index >= 15 is 0 Å². The molecule has 0 N–H and O–H groups in total. The van der Waals surface area contributed by atoms with Crippen LogP contribution in [0.5, 0.6) is 0 Å². The number of benzene rings is 2. The summed E-state index contributed by atoms with van der Waals surface area (Å²) in [5.74, 6) is 0.238. The summed E-state index contributed by atoms with van der Waals surface area (Å²) in [5.41, 5.74) is 2.99. The third-order valence-electron chi connectivity index (χ3n) is 4.73. The zero-order chi connectivity index (χ0) is 17.6. The van der Waals surface area contributed by atoms with Gasteiger partial charge in [0.15, 0.2) is 5.78 Å². The lowest BCUT2D eigenvalue weighted by Crippen LogP contribution is -2.39. The summed E-state index contributed by atoms with van der Waals surface area (Å²) in [7, 11) is 0. The molecule has 0 saturated carbocycles. The highest BCUT2D eigenvalue weighted by atomic mass is 16.2. The summed E-state index contributed by atoms with van der Waals surface area (Å²) >= 11 is 0. The first kappa shape index (κ1) is 17.2. The lowest BCUT2D eigenvalue weighted by atomic mass is 9.89. The number of carbonyl (C=O) groups is 2. The molecule has 0 aromatic heterocycles. The molecule has 1 aliphatic heterocycles. The van der Waals surface area contributed by atoms with E-state index in [2.05, 4.69) is 0 Å². The minimum absolute atomic E-state index is 0.0196. The van der Waals surface area contributed by atoms with Gasteiger partial charge >= 0.3 is 0 Å². The maximum absolute atomic E-state index is 12.5. The SMILES string of the molecule is Cc1ccc(/C=C/C(=O)N2CCC(C(=O)c3ccccc3)CC2)cc1. The number of ketones is 1. The van der Waals surface area contributed by atoms with E-state index in [0.29, 0.717) is 13.1 Å². The second kappa shape index (κ2) is 7.93. The number of likely N-dealkylation sites (tertiary alicyclic amines) is 1. The van der Waals surface area contributed by atoms with E-state index < -0.39 is 0 Å². The zero-order valence-corrected chi connectivity index (χ0v) is 14.5. The molecule has 1 heterocycles. The highest BCUT2D eigenvalue weighted by Crippen LogP contribution is 2.22. The van der Waals surface area contributed by atoms with Gasteiger partial charge in [0, 0.05) is 30.6 Å². The Kier molecular flexibility index (Phi) is 5.44. The van der Waals surface area contributed by atoms with Crippen LogP contribution < -0.4 is 0 Å². The van der Waals surface area contributed by atoms with Crippen LogP contribution in [0.15, 0.2) is 60.7 Å². The van der Waals surface area contributed by atoms with Crippen LogP contribution in [0.1, 0.15) is 34.3 Å². The molecule has 3 nitrogen and oxygen atoms in total. The number of hydrogen-bond acceptors (Lipinski definition) is 2. The van der Waals surface area contributed by atoms with Gasteiger partial charge in [-0.3, -0.25) is 9.59 Å². The topological polar surface area (TPSA) is 37.4 Å². The van der Waals surface area contributed by atoms with Crippen molar-refractivity contribution in [3.05, 3.63) is 77.4 Å². The van der Waals surface area contributed by atoms with Crippen molar-refractivity contribution < 1.29 is 9.59 Å². The van der Waals surface area contributed by atoms with E-state index in [1.165, 1.54) is 5.56 Å². The summed E-state index contributed by atoms with van der Waals surface area (Å²) in [5, 5.41) is 0. The third-order valence-corrected chi connectivity index (χ3v) is 4.73. The van der Waals surface area contributed by atoms with Crippen LogP contribution in [0.4, 0.5) is 0 Å². The Bertz CT molecular complexity index is 754. The number of amides is 1. The predicted octanol–water partition coefficient (Wildman–Crippen LogP) is 4.13. The minimum atomic E-state index is 0.0196. The van der Waals surface area contributed by atoms with Gasteiger partial charge in [0.05, 0.1) is 0 Å². The second-order valence-corrected chi connectivity index (χ2v) is 6.57. The lowest BCUT2D eigenvalue weighted by Gasteiger charge is -2.30. The number of Topliss-reactive ketones (excluding diaryl/α,β-unsaturated/α-hetero) is 1. The van der Waals surface area contributed by atoms with Crippen molar-refractivity contribution in [3.63, 3.8) is 0 Å². The van der Waals surface area contributed by atoms with Crippen LogP contribution in [-0.4, -0.2) is 29.7 Å². The highest BCUT2D eigenvalue weighted by Gasteiger charge is 2.27. The number of carbonyl (C=O) groups excluding carboxylic acids is 2. The molecule has 1 saturated heterocycles. The molecular formula is C22H23NO2. The van der Waals surface area contributed by atoms with Crippen molar-refractivity contribution in [2.75, 3.05) is 13.1 Å². The first-order valence-electron chi connectivity index (χ1n) is 8.76. The normalized spacial score (nSPS) is 15.5. The fourth-order valence-electron chi connectivity index (χ4n) is 3.15. The fourth-order valence-corrected chi connectivity index (χ4v) is 3.15. The lowest BCUT2D eigenvalue weighted by molar-refractivity contribution is -0.127. The van der Waals surface area contributed by atoms with Crippen molar-refractivity contribution in [2.24, 2.45) is 5.92 Å². The molecule has 2 aromatic carbocycles. The van der Waals surface area contributed by atoms with Crippen LogP contribution in [-0.2, 0) is 4.79 Å². The molecule has 0 bridgehead atoms. The van der Waals surface area contributed by atoms with Crippen LogP contribution in [0, 0.1) is 12.8 Å². The standard InChI is InChI=1S/C22H23NO2/c1-17-7-9-18(10-8-17)11-12-21(24)23-15-13-20(14-16-23)22(25)19-5-3-2-4-6-19/h2-12,20H,13-16H2,1H3/b12-11+. The summed E-state index contributed by atoms with van der Waals surface area (Å²) in [4.78, 5) is 26.7. The average molecular weight is 333 g/mol. The maximum atomic E-state index is 12.5. The molecule has 0 aliphatic carbocycles. The van der Waals surface area contributed by atoms with E-state index in [9.17, 15) is 9.59 Å². The van der Waals surface area contributed by atoms with E-state index in [4.69, 9.17) is 0 Å². The minimum Gasteiger partial charge on any atom is -0.339 e. The van der Waals surface area contributed by atoms with Gasteiger partial charge in [-0.25, -0.2) is 0 Å². The Balaban J connectivity index is 1.54. The van der Waals surface area contributed by atoms with Gasteiger partial charge in [-0.15, -0.1) is 0 Å². The number of rotatable bonds is 4. The molecule has 0 atom stereocenters. The maximum Gasteiger partial charge on any atom is 0.246 e. The van der Waals surface area contributed by atoms with Gasteiger partial charge in [0.1, 0.15) is 0 Å². The first-order chi connectivity index (χ1) is 12.1. The number of hydrogen-bond donors (Lipinski definition) is 0. The molecule has 0 spiro atoms. The van der Waals surface area contributed by atoms with Gasteiger partial charge in [-0.2, -0.15) is 0 Å². The van der Waals surface area contributed by atoms with Crippen LogP contribution in [0.3, 0.4) is 0 Å². The molecular weight excluding hydrogens is 310 g/mol. The Hall–Kier alpha value is -2.68. The molecule has 0 unspecified atom stereocenters. The fraction of sp³-hybridized carbons (Fsp3) is 0.273. The Morgan fingerprint density at radius 3 is 2.24 bits per heavy atom. The molecule has 1 amide bonds. The van der Waals surface area contributed by atoms with Gasteiger partial charge < -0.3 is 4.90 Å². The van der Waals surface area contributed by atoms with E-state index in [-0.39, 0.29) is 17.6 Å². The largest absolute Gasteiger partial charge is 0.339 e. The number of piperidine rings is 1. The molecule has 1 aliphatic rings. The van der Waals surface area contributed by atoms with Crippen LogP contribution in [0.2, 0.25) is 0 Å². The molecule has 1 fully saturated rings. The third kappa shape index (κ3) is 4.44. The Morgan fingerprint density at radius 2 is 1.60 bits per heavy atom. The van der Waals surface area contributed by atoms with Crippen LogP contribution in [0.25, 0.3) is 6.08 Å². The predicted molar refractivity (Wildman–Crippen MR) is 100 cm³/mol. The molecule has 3 heteroatoms. The average Bonchev–Trinajstić information content (AvgIpc) is 2.67. The number of nitrogens with zero attached hydrogens (tertiary/aromatic N) is 1. The van der Waals surface area contributed by atoms with Crippen molar-refractivity contribution in [1.29, 1.82) is 0 Å². The monoisotopic (exact) mass is 333 g/mol. The van der Waals surface area contributed by atoms with Crippen molar-refractivity contribution >= 4 is 17.8 Å². The van der Waals surface area contributed by atoms with Crippen molar-refractivity contribution in [2.45, 2.75) is 19.8 Å². The van der Waals surface area contributed by atoms with Gasteiger partial charge in [0.2, 0.25) is 5.91 Å². The van der Waals surface area contributed by atoms with Crippen molar-refractivity contribution in [3.8, 4) is 0 Å². The van der Waals surface area contributed by atoms with E-state index in [0.717, 1.165) is 24.0 Å². The summed E-state index contributed by atoms with van der Waals surface area (Å²) in [6.45, 7) is 3.32. The van der Waals surface area contributed by atoms with Crippen LogP contribution >= 0.6 is 0 Å². The quantitative estimate of drug-likeness (QED) is 0.623. The smallest absolute Gasteiger partial charge is 0.246 e. The van der Waals surface area contributed by atoms with E-state index in [1.807, 2.05) is 72.5 Å². The Labute approximate surface area is 149 Å². The molecule has 0 radical (unpaired) electrons. The second-order valence-electron chi connectivity index (χ2n) is 6.57. The molecule has 25 heavy (non-hydrogen) atoms. The molecule has 128 valence electrons. The zero-order valence-electron chi connectivity index (χ0n) is 14.5. The summed E-state index contributed by atoms with van der Waals surface area (Å²) in [6.07, 6.45) is 4.95. The molecule has 3 rings (SSSR count). The summed E-state index contributed by atoms with van der Waals surface area (Å²) in [6, 6.07) is 17.5. The Morgan fingerprint density at radius 1 is 0.960 bits per heavy atom. The van der Waals surface area contributed by atoms with Gasteiger partial charge in [-0.05, 0) is 31.4 Å². The first-order valence-corrected chi connectivity index (χ1v) is 8.76. The van der Waals surface area contributed by atoms with Gasteiger partial charge in [0.25, 0.3) is 0 Å².